The van der Waals surface area contributed by atoms with Crippen LogP contribution >= 0.6 is 0 Å². The number of para-hydroxylation sites is 1. The van der Waals surface area contributed by atoms with Crippen molar-refractivity contribution >= 4 is 18.1 Å². The summed E-state index contributed by atoms with van der Waals surface area (Å²) in [6.45, 7) is 0. The predicted molar refractivity (Wildman–Crippen MR) is 51.8 cm³/mol. The Balaban J connectivity index is 2.83. The lowest BCUT2D eigenvalue weighted by atomic mass is 10.1. The second kappa shape index (κ2) is 5.01. The summed E-state index contributed by atoms with van der Waals surface area (Å²) in [6, 6.07) is 7.08. The predicted octanol–water partition coefficient (Wildman–Crippen LogP) is 0.970. The third-order valence-corrected chi connectivity index (χ3v) is 1.79. The van der Waals surface area contributed by atoms with Gasteiger partial charge in [-0.3, -0.25) is 9.59 Å². The number of nitrogens with one attached hydrogen (secondary N) is 1. The molecule has 1 N–H and O–H groups in total. The van der Waals surface area contributed by atoms with Crippen LogP contribution in [0.15, 0.2) is 24.3 Å². The zero-order valence-corrected chi connectivity index (χ0v) is 7.82. The average molecular weight is 193 g/mol. The molecule has 1 amide bonds. The Morgan fingerprint density at radius 1 is 1.50 bits per heavy atom. The number of carbonyl (C=O) groups is 2. The average Bonchev–Trinajstić information content (AvgIpc) is 2.21. The zero-order valence-electron chi connectivity index (χ0n) is 7.82. The molecule has 4 heteroatoms. The van der Waals surface area contributed by atoms with Crippen LogP contribution in [0.3, 0.4) is 0 Å². The van der Waals surface area contributed by atoms with Gasteiger partial charge in [-0.2, -0.15) is 0 Å². The van der Waals surface area contributed by atoms with Crippen LogP contribution < -0.4 is 5.32 Å². The first-order chi connectivity index (χ1) is 6.77. The van der Waals surface area contributed by atoms with Crippen molar-refractivity contribution in [3.8, 4) is 0 Å². The van der Waals surface area contributed by atoms with Gasteiger partial charge >= 0.3 is 5.97 Å². The Morgan fingerprint density at radius 2 is 2.21 bits per heavy atom. The first-order valence-corrected chi connectivity index (χ1v) is 4.13. The van der Waals surface area contributed by atoms with Crippen LogP contribution in [0.5, 0.6) is 0 Å². The summed E-state index contributed by atoms with van der Waals surface area (Å²) < 4.78 is 4.53. The summed E-state index contributed by atoms with van der Waals surface area (Å²) in [5.74, 6) is -0.329. The number of anilines is 1. The van der Waals surface area contributed by atoms with Gasteiger partial charge in [-0.25, -0.2) is 0 Å². The molecule has 0 saturated carbocycles. The van der Waals surface area contributed by atoms with E-state index in [1.54, 1.807) is 24.3 Å². The number of esters is 1. The molecule has 1 rings (SSSR count). The maximum Gasteiger partial charge on any atom is 0.310 e. The van der Waals surface area contributed by atoms with Crippen molar-refractivity contribution in [3.63, 3.8) is 0 Å². The maximum atomic E-state index is 11.0. The van der Waals surface area contributed by atoms with Crippen molar-refractivity contribution in [2.75, 3.05) is 12.4 Å². The van der Waals surface area contributed by atoms with Gasteiger partial charge in [0.25, 0.3) is 0 Å². The molecule has 4 nitrogen and oxygen atoms in total. The van der Waals surface area contributed by atoms with Crippen LogP contribution in [0.25, 0.3) is 0 Å². The molecule has 0 saturated heterocycles. The molecule has 14 heavy (non-hydrogen) atoms. The summed E-state index contributed by atoms with van der Waals surface area (Å²) in [7, 11) is 1.33. The van der Waals surface area contributed by atoms with Gasteiger partial charge in [-0.15, -0.1) is 0 Å². The number of carbonyl (C=O) groups excluding carboxylic acids is 2. The highest BCUT2D eigenvalue weighted by Gasteiger charge is 2.06. The van der Waals surface area contributed by atoms with E-state index in [2.05, 4.69) is 10.1 Å². The monoisotopic (exact) mass is 193 g/mol. The number of rotatable bonds is 4. The van der Waals surface area contributed by atoms with Gasteiger partial charge in [-0.1, -0.05) is 18.2 Å². The van der Waals surface area contributed by atoms with Gasteiger partial charge in [0.15, 0.2) is 0 Å². The Hall–Kier alpha value is -1.84. The van der Waals surface area contributed by atoms with Crippen LogP contribution in [0.4, 0.5) is 5.69 Å². The van der Waals surface area contributed by atoms with E-state index in [0.29, 0.717) is 12.1 Å². The molecule has 0 atom stereocenters. The lowest BCUT2D eigenvalue weighted by Crippen LogP contribution is -2.07. The fraction of sp³-hybridized carbons (Fsp3) is 0.200. The molecular weight excluding hydrogens is 182 g/mol. The van der Waals surface area contributed by atoms with Gasteiger partial charge in [-0.05, 0) is 11.6 Å². The second-order valence-corrected chi connectivity index (χ2v) is 2.67. The SMILES string of the molecule is COC(=O)Cc1ccccc1NC=O. The highest BCUT2D eigenvalue weighted by Crippen LogP contribution is 2.14. The quantitative estimate of drug-likeness (QED) is 0.572. The molecule has 0 heterocycles. The molecule has 0 unspecified atom stereocenters. The smallest absolute Gasteiger partial charge is 0.310 e. The van der Waals surface area contributed by atoms with Crippen molar-refractivity contribution in [1.29, 1.82) is 0 Å². The topological polar surface area (TPSA) is 55.4 Å². The highest BCUT2D eigenvalue weighted by atomic mass is 16.5. The Labute approximate surface area is 81.9 Å². The largest absolute Gasteiger partial charge is 0.469 e. The van der Waals surface area contributed by atoms with Crippen molar-refractivity contribution < 1.29 is 14.3 Å². The van der Waals surface area contributed by atoms with Gasteiger partial charge in [0.05, 0.1) is 13.5 Å². The minimum atomic E-state index is -0.329. The number of methoxy groups -OCH3 is 1. The zero-order chi connectivity index (χ0) is 10.4. The maximum absolute atomic E-state index is 11.0. The molecule has 0 bridgehead atoms. The molecule has 0 aliphatic heterocycles. The normalized spacial score (nSPS) is 9.21. The third kappa shape index (κ3) is 2.58. The Kier molecular flexibility index (Phi) is 3.67. The van der Waals surface area contributed by atoms with Gasteiger partial charge in [0.1, 0.15) is 0 Å². The lowest BCUT2D eigenvalue weighted by Gasteiger charge is -2.06. The third-order valence-electron chi connectivity index (χ3n) is 1.79. The van der Waals surface area contributed by atoms with Gasteiger partial charge in [0, 0.05) is 5.69 Å². The van der Waals surface area contributed by atoms with E-state index < -0.39 is 0 Å². The summed E-state index contributed by atoms with van der Waals surface area (Å²) in [5.41, 5.74) is 1.37. The molecule has 0 spiro atoms. The number of ether oxygens (including phenoxy) is 1. The van der Waals surface area contributed by atoms with Crippen molar-refractivity contribution in [2.24, 2.45) is 0 Å². The molecule has 0 aliphatic rings. The summed E-state index contributed by atoms with van der Waals surface area (Å²) in [5, 5.41) is 2.52. The van der Waals surface area contributed by atoms with Crippen LogP contribution in [-0.2, 0) is 20.7 Å². The fourth-order valence-electron chi connectivity index (χ4n) is 1.11. The fourth-order valence-corrected chi connectivity index (χ4v) is 1.11. The van der Waals surface area contributed by atoms with E-state index >= 15 is 0 Å². The molecule has 0 radical (unpaired) electrons. The summed E-state index contributed by atoms with van der Waals surface area (Å²) in [6.07, 6.45) is 0.740. The van der Waals surface area contributed by atoms with Crippen molar-refractivity contribution in [3.05, 3.63) is 29.8 Å². The number of amides is 1. The van der Waals surface area contributed by atoms with E-state index in [0.717, 1.165) is 5.56 Å². The van der Waals surface area contributed by atoms with Crippen molar-refractivity contribution in [1.82, 2.24) is 0 Å². The van der Waals surface area contributed by atoms with Gasteiger partial charge < -0.3 is 10.1 Å². The van der Waals surface area contributed by atoms with Crippen LogP contribution in [-0.4, -0.2) is 19.5 Å². The van der Waals surface area contributed by atoms with Crippen LogP contribution in [0, 0.1) is 0 Å². The standard InChI is InChI=1S/C10H11NO3/c1-14-10(13)6-8-4-2-3-5-9(8)11-7-12/h2-5,7H,6H2,1H3,(H,11,12). The second-order valence-electron chi connectivity index (χ2n) is 2.67. The number of benzene rings is 1. The number of hydrogen-bond donors (Lipinski definition) is 1. The molecular formula is C10H11NO3. The van der Waals surface area contributed by atoms with E-state index in [-0.39, 0.29) is 12.4 Å². The molecule has 0 aliphatic carbocycles. The van der Waals surface area contributed by atoms with Gasteiger partial charge in [0.2, 0.25) is 6.41 Å². The lowest BCUT2D eigenvalue weighted by molar-refractivity contribution is -0.139. The highest BCUT2D eigenvalue weighted by molar-refractivity contribution is 5.79. The molecule has 1 aromatic carbocycles. The molecule has 1 aromatic rings. The summed E-state index contributed by atoms with van der Waals surface area (Å²) >= 11 is 0. The molecule has 74 valence electrons. The van der Waals surface area contributed by atoms with E-state index in [9.17, 15) is 9.59 Å². The first kappa shape index (κ1) is 10.2. The van der Waals surface area contributed by atoms with Crippen LogP contribution in [0.1, 0.15) is 5.56 Å². The minimum absolute atomic E-state index is 0.160. The van der Waals surface area contributed by atoms with Crippen molar-refractivity contribution in [2.45, 2.75) is 6.42 Å². The first-order valence-electron chi connectivity index (χ1n) is 4.13. The number of hydrogen-bond acceptors (Lipinski definition) is 3. The van der Waals surface area contributed by atoms with E-state index in [1.165, 1.54) is 7.11 Å². The van der Waals surface area contributed by atoms with E-state index in [4.69, 9.17) is 0 Å². The van der Waals surface area contributed by atoms with E-state index in [1.807, 2.05) is 0 Å². The minimum Gasteiger partial charge on any atom is -0.469 e. The summed E-state index contributed by atoms with van der Waals surface area (Å²) in [4.78, 5) is 21.3. The van der Waals surface area contributed by atoms with Crippen LogP contribution in [0.2, 0.25) is 0 Å². The Morgan fingerprint density at radius 3 is 2.86 bits per heavy atom. The Bertz CT molecular complexity index is 336. The molecule has 0 aromatic heterocycles. The molecule has 0 fully saturated rings.